The van der Waals surface area contributed by atoms with Gasteiger partial charge in [-0.05, 0) is 37.6 Å². The second-order valence-electron chi connectivity index (χ2n) is 5.27. The number of hydrogen-bond acceptors (Lipinski definition) is 3. The maximum atomic E-state index is 13.6. The summed E-state index contributed by atoms with van der Waals surface area (Å²) >= 11 is 0. The minimum Gasteiger partial charge on any atom is -0.348 e. The van der Waals surface area contributed by atoms with Crippen LogP contribution in [0.15, 0.2) is 36.4 Å². The van der Waals surface area contributed by atoms with Gasteiger partial charge in [0.2, 0.25) is 0 Å². The molecule has 5 nitrogen and oxygen atoms in total. The average molecular weight is 333 g/mol. The van der Waals surface area contributed by atoms with E-state index >= 15 is 0 Å². The molecule has 2 rings (SSSR count). The van der Waals surface area contributed by atoms with Gasteiger partial charge in [0.05, 0.1) is 5.69 Å². The fourth-order valence-corrected chi connectivity index (χ4v) is 1.86. The lowest BCUT2D eigenvalue weighted by atomic mass is 10.2. The molecule has 24 heavy (non-hydrogen) atoms. The van der Waals surface area contributed by atoms with Crippen LogP contribution in [0.1, 0.15) is 41.2 Å². The van der Waals surface area contributed by atoms with E-state index in [1.807, 2.05) is 13.8 Å². The fourth-order valence-electron chi connectivity index (χ4n) is 1.86. The minimum absolute atomic E-state index is 0.0231. The molecule has 2 N–H and O–H groups in total. The number of carbonyl (C=O) groups is 2. The summed E-state index contributed by atoms with van der Waals surface area (Å²) in [6, 6.07) is 7.17. The Morgan fingerprint density at radius 2 is 1.79 bits per heavy atom. The molecule has 0 saturated heterocycles. The predicted octanol–water partition coefficient (Wildman–Crippen LogP) is 3.14. The summed E-state index contributed by atoms with van der Waals surface area (Å²) in [5.74, 6) is -2.73. The van der Waals surface area contributed by atoms with Gasteiger partial charge in [-0.25, -0.2) is 13.8 Å². The first-order chi connectivity index (χ1) is 11.4. The topological polar surface area (TPSA) is 71.1 Å². The van der Waals surface area contributed by atoms with E-state index in [1.54, 1.807) is 0 Å². The number of benzene rings is 1. The minimum atomic E-state index is -0.894. The Morgan fingerprint density at radius 1 is 1.12 bits per heavy atom. The van der Waals surface area contributed by atoms with Crippen molar-refractivity contribution in [3.8, 4) is 0 Å². The van der Waals surface area contributed by atoms with Gasteiger partial charge in [0.25, 0.3) is 11.8 Å². The van der Waals surface area contributed by atoms with E-state index in [1.165, 1.54) is 18.2 Å². The van der Waals surface area contributed by atoms with E-state index < -0.39 is 23.4 Å². The van der Waals surface area contributed by atoms with E-state index in [0.717, 1.165) is 18.6 Å². The Kier molecular flexibility index (Phi) is 5.57. The number of pyridine rings is 1. The Hall–Kier alpha value is -2.83. The van der Waals surface area contributed by atoms with Crippen LogP contribution in [-0.2, 0) is 0 Å². The highest BCUT2D eigenvalue weighted by molar-refractivity contribution is 6.03. The summed E-state index contributed by atoms with van der Waals surface area (Å²) in [6.45, 7) is 3.78. The molecular weight excluding hydrogens is 316 g/mol. The van der Waals surface area contributed by atoms with E-state index in [0.29, 0.717) is 6.07 Å². The summed E-state index contributed by atoms with van der Waals surface area (Å²) in [5.41, 5.74) is -0.129. The number of amides is 2. The second kappa shape index (κ2) is 7.63. The smallest absolute Gasteiger partial charge is 0.274 e. The fraction of sp³-hybridized carbons (Fsp3) is 0.235. The summed E-state index contributed by atoms with van der Waals surface area (Å²) < 4.78 is 26.5. The zero-order chi connectivity index (χ0) is 17.7. The van der Waals surface area contributed by atoms with Gasteiger partial charge >= 0.3 is 0 Å². The van der Waals surface area contributed by atoms with Crippen LogP contribution in [0.5, 0.6) is 0 Å². The van der Waals surface area contributed by atoms with Crippen molar-refractivity contribution in [1.82, 2.24) is 10.3 Å². The van der Waals surface area contributed by atoms with Gasteiger partial charge in [-0.2, -0.15) is 0 Å². The Morgan fingerprint density at radius 3 is 2.42 bits per heavy atom. The molecule has 0 aliphatic rings. The monoisotopic (exact) mass is 333 g/mol. The molecule has 1 atom stereocenters. The number of anilines is 1. The molecule has 0 spiro atoms. The molecule has 1 aromatic heterocycles. The molecule has 0 bridgehead atoms. The molecule has 0 aliphatic carbocycles. The lowest BCUT2D eigenvalue weighted by Gasteiger charge is -2.11. The second-order valence-corrected chi connectivity index (χ2v) is 5.27. The molecule has 0 fully saturated rings. The van der Waals surface area contributed by atoms with Crippen molar-refractivity contribution in [2.45, 2.75) is 26.3 Å². The predicted molar refractivity (Wildman–Crippen MR) is 85.8 cm³/mol. The largest absolute Gasteiger partial charge is 0.348 e. The number of rotatable bonds is 5. The Bertz CT molecular complexity index is 765. The molecule has 0 radical (unpaired) electrons. The molecule has 126 valence electrons. The molecule has 1 unspecified atom stereocenters. The quantitative estimate of drug-likeness (QED) is 0.883. The van der Waals surface area contributed by atoms with Crippen molar-refractivity contribution < 1.29 is 18.4 Å². The maximum Gasteiger partial charge on any atom is 0.274 e. The number of carbonyl (C=O) groups excluding carboxylic acids is 2. The van der Waals surface area contributed by atoms with Crippen LogP contribution in [0, 0.1) is 11.6 Å². The van der Waals surface area contributed by atoms with Gasteiger partial charge in [-0.3, -0.25) is 9.59 Å². The standard InChI is InChI=1S/C17H17F2N3O2/c1-3-10(2)20-16(23)14-5-4-6-15(21-14)17(24)22-13-8-7-11(18)9-12(13)19/h4-10H,3H2,1-2H3,(H,20,23)(H,22,24). The van der Waals surface area contributed by atoms with Gasteiger partial charge < -0.3 is 10.6 Å². The summed E-state index contributed by atoms with van der Waals surface area (Å²) in [4.78, 5) is 28.2. The molecule has 1 heterocycles. The molecule has 2 aromatic rings. The average Bonchev–Trinajstić information content (AvgIpc) is 2.57. The molecule has 7 heteroatoms. The van der Waals surface area contributed by atoms with Gasteiger partial charge in [-0.15, -0.1) is 0 Å². The van der Waals surface area contributed by atoms with Gasteiger partial charge in [0.1, 0.15) is 23.0 Å². The third kappa shape index (κ3) is 4.34. The zero-order valence-corrected chi connectivity index (χ0v) is 13.3. The Labute approximate surface area is 138 Å². The van der Waals surface area contributed by atoms with Crippen LogP contribution >= 0.6 is 0 Å². The van der Waals surface area contributed by atoms with Crippen LogP contribution in [0.3, 0.4) is 0 Å². The number of nitrogens with zero attached hydrogens (tertiary/aromatic N) is 1. The van der Waals surface area contributed by atoms with Crippen molar-refractivity contribution >= 4 is 17.5 Å². The summed E-state index contributed by atoms with van der Waals surface area (Å²) in [6.07, 6.45) is 0.760. The third-order valence-corrected chi connectivity index (χ3v) is 3.38. The SMILES string of the molecule is CCC(C)NC(=O)c1cccc(C(=O)Nc2ccc(F)cc2F)n1. The first-order valence-electron chi connectivity index (χ1n) is 7.45. The molecule has 0 aliphatic heterocycles. The highest BCUT2D eigenvalue weighted by Crippen LogP contribution is 2.15. The highest BCUT2D eigenvalue weighted by Gasteiger charge is 2.15. The van der Waals surface area contributed by atoms with Crippen LogP contribution in [0.2, 0.25) is 0 Å². The van der Waals surface area contributed by atoms with E-state index in [4.69, 9.17) is 0 Å². The maximum absolute atomic E-state index is 13.6. The number of nitrogens with one attached hydrogen (secondary N) is 2. The van der Waals surface area contributed by atoms with Crippen molar-refractivity contribution in [3.63, 3.8) is 0 Å². The first kappa shape index (κ1) is 17.5. The molecule has 2 amide bonds. The van der Waals surface area contributed by atoms with Crippen LogP contribution in [0.25, 0.3) is 0 Å². The van der Waals surface area contributed by atoms with Crippen molar-refractivity contribution in [1.29, 1.82) is 0 Å². The zero-order valence-electron chi connectivity index (χ0n) is 13.3. The van der Waals surface area contributed by atoms with Crippen molar-refractivity contribution in [2.24, 2.45) is 0 Å². The third-order valence-electron chi connectivity index (χ3n) is 3.38. The lowest BCUT2D eigenvalue weighted by molar-refractivity contribution is 0.0934. The van der Waals surface area contributed by atoms with E-state index in [9.17, 15) is 18.4 Å². The normalized spacial score (nSPS) is 11.7. The van der Waals surface area contributed by atoms with Crippen LogP contribution in [0.4, 0.5) is 14.5 Å². The molecular formula is C17H17F2N3O2. The number of hydrogen-bond donors (Lipinski definition) is 2. The van der Waals surface area contributed by atoms with E-state index in [2.05, 4.69) is 15.6 Å². The van der Waals surface area contributed by atoms with Gasteiger partial charge in [0, 0.05) is 12.1 Å². The van der Waals surface area contributed by atoms with E-state index in [-0.39, 0.29) is 23.1 Å². The molecule has 0 saturated carbocycles. The van der Waals surface area contributed by atoms with Crippen molar-refractivity contribution in [2.75, 3.05) is 5.32 Å². The summed E-state index contributed by atoms with van der Waals surface area (Å²) in [7, 11) is 0. The number of halogens is 2. The lowest BCUT2D eigenvalue weighted by Crippen LogP contribution is -2.32. The van der Waals surface area contributed by atoms with Crippen LogP contribution < -0.4 is 10.6 Å². The first-order valence-corrected chi connectivity index (χ1v) is 7.45. The Balaban J connectivity index is 2.15. The van der Waals surface area contributed by atoms with Crippen LogP contribution in [-0.4, -0.2) is 22.8 Å². The summed E-state index contributed by atoms with van der Waals surface area (Å²) in [5, 5.41) is 5.04. The van der Waals surface area contributed by atoms with Gasteiger partial charge in [-0.1, -0.05) is 13.0 Å². The van der Waals surface area contributed by atoms with Gasteiger partial charge in [0.15, 0.2) is 0 Å². The van der Waals surface area contributed by atoms with Crippen molar-refractivity contribution in [3.05, 3.63) is 59.4 Å². The highest BCUT2D eigenvalue weighted by atomic mass is 19.1. The number of aromatic nitrogens is 1. The molecule has 1 aromatic carbocycles.